The Balaban J connectivity index is 1.44. The van der Waals surface area contributed by atoms with Gasteiger partial charge in [-0.15, -0.1) is 11.3 Å². The molecule has 3 aliphatic carbocycles. The van der Waals surface area contributed by atoms with Crippen LogP contribution >= 0.6 is 11.3 Å². The predicted molar refractivity (Wildman–Crippen MR) is 168 cm³/mol. The molecule has 5 rings (SSSR count). The Hall–Kier alpha value is -3.06. The smallest absolute Gasteiger partial charge is 0.312 e. The van der Waals surface area contributed by atoms with E-state index in [4.69, 9.17) is 9.47 Å². The molecule has 12 nitrogen and oxygen atoms in total. The summed E-state index contributed by atoms with van der Waals surface area (Å²) in [4.78, 5) is 72.6. The van der Waals surface area contributed by atoms with Crippen molar-refractivity contribution < 1.29 is 33.4 Å². The summed E-state index contributed by atoms with van der Waals surface area (Å²) < 4.78 is 10.6. The summed E-state index contributed by atoms with van der Waals surface area (Å²) >= 11 is 1.22. The fourth-order valence-corrected chi connectivity index (χ4v) is 8.09. The maximum Gasteiger partial charge on any atom is 0.312 e. The number of carbonyl (C=O) groups is 5. The van der Waals surface area contributed by atoms with Crippen LogP contribution in [0.4, 0.5) is 0 Å². The molecule has 13 heteroatoms. The minimum absolute atomic E-state index is 0.0147. The lowest BCUT2D eigenvalue weighted by atomic mass is 9.39. The van der Waals surface area contributed by atoms with Crippen molar-refractivity contribution >= 4 is 41.0 Å². The molecular formula is C32H49N5O7S. The lowest BCUT2D eigenvalue weighted by Gasteiger charge is -2.68. The van der Waals surface area contributed by atoms with Crippen molar-refractivity contribution in [1.29, 1.82) is 0 Å². The van der Waals surface area contributed by atoms with Crippen molar-refractivity contribution in [3.63, 3.8) is 0 Å². The van der Waals surface area contributed by atoms with Gasteiger partial charge in [0.25, 0.3) is 5.91 Å². The monoisotopic (exact) mass is 647 g/mol. The summed E-state index contributed by atoms with van der Waals surface area (Å²) in [5, 5.41) is 8.15. The molecule has 2 bridgehead atoms. The summed E-state index contributed by atoms with van der Waals surface area (Å²) in [6.45, 7) is 9.98. The number of hydrogen-bond donors (Lipinski definition) is 2. The average Bonchev–Trinajstić information content (AvgIpc) is 3.44. The Kier molecular flexibility index (Phi) is 10.6. The van der Waals surface area contributed by atoms with Gasteiger partial charge in [-0.25, -0.2) is 4.98 Å². The molecule has 4 atom stereocenters. The second-order valence-electron chi connectivity index (χ2n) is 13.9. The zero-order valence-corrected chi connectivity index (χ0v) is 28.6. The standard InChI is InChI=1S/C32H49N5O7S/c1-18(2)23(37(7)29(41)25(19(3)4)34-27(40)22-11-9-10-12-36(22)6)13-24(44-20(5)38)28-33-21(14-45-28)26(39)35-32-15-31(16-32,17-32)30(42)43-8/h14,18-19,22-25H,9-13,15-17H2,1-8H3,(H,34,40)(H,35,39). The Morgan fingerprint density at radius 1 is 1.11 bits per heavy atom. The third kappa shape index (κ3) is 7.34. The number of hydrogen-bond acceptors (Lipinski definition) is 10. The zero-order chi connectivity index (χ0) is 33.3. The Labute approximate surface area is 270 Å². The van der Waals surface area contributed by atoms with E-state index in [1.165, 1.54) is 25.4 Å². The quantitative estimate of drug-likeness (QED) is 0.308. The van der Waals surface area contributed by atoms with Gasteiger partial charge in [0.15, 0.2) is 6.10 Å². The molecule has 4 fully saturated rings. The van der Waals surface area contributed by atoms with Crippen molar-refractivity contribution in [3.8, 4) is 0 Å². The highest BCUT2D eigenvalue weighted by molar-refractivity contribution is 7.09. The second-order valence-corrected chi connectivity index (χ2v) is 14.8. The van der Waals surface area contributed by atoms with E-state index >= 15 is 0 Å². The van der Waals surface area contributed by atoms with Crippen molar-refractivity contribution in [2.24, 2.45) is 17.3 Å². The number of methoxy groups -OCH3 is 1. The Morgan fingerprint density at radius 2 is 1.78 bits per heavy atom. The lowest BCUT2D eigenvalue weighted by Crippen LogP contribution is -2.77. The van der Waals surface area contributed by atoms with E-state index < -0.39 is 29.1 Å². The topological polar surface area (TPSA) is 147 Å². The van der Waals surface area contributed by atoms with E-state index in [1.54, 1.807) is 17.3 Å². The summed E-state index contributed by atoms with van der Waals surface area (Å²) in [5.41, 5.74) is -0.677. The van der Waals surface area contributed by atoms with E-state index in [1.807, 2.05) is 39.6 Å². The van der Waals surface area contributed by atoms with Gasteiger partial charge in [0, 0.05) is 37.4 Å². The van der Waals surface area contributed by atoms with Crippen molar-refractivity contribution in [2.75, 3.05) is 27.7 Å². The number of amides is 3. The van der Waals surface area contributed by atoms with Crippen LogP contribution in [-0.4, -0.2) is 95.9 Å². The molecule has 1 aliphatic heterocycles. The number of rotatable bonds is 13. The van der Waals surface area contributed by atoms with Crippen LogP contribution < -0.4 is 10.6 Å². The summed E-state index contributed by atoms with van der Waals surface area (Å²) in [7, 11) is 5.03. The zero-order valence-electron chi connectivity index (χ0n) is 27.8. The van der Waals surface area contributed by atoms with E-state index in [0.29, 0.717) is 24.3 Å². The first-order valence-electron chi connectivity index (χ1n) is 15.9. The van der Waals surface area contributed by atoms with Gasteiger partial charge >= 0.3 is 11.9 Å². The number of thiazole rings is 1. The third-order valence-electron chi connectivity index (χ3n) is 9.74. The van der Waals surface area contributed by atoms with Gasteiger partial charge in [0.1, 0.15) is 16.7 Å². The molecule has 0 aromatic carbocycles. The summed E-state index contributed by atoms with van der Waals surface area (Å²) in [6.07, 6.45) is 3.94. The number of carbonyl (C=O) groups excluding carboxylic acids is 5. The van der Waals surface area contributed by atoms with Crippen LogP contribution in [0.5, 0.6) is 0 Å². The number of likely N-dealkylation sites (tertiary alicyclic amines) is 1. The maximum atomic E-state index is 13.9. The van der Waals surface area contributed by atoms with Gasteiger partial charge in [-0.3, -0.25) is 28.9 Å². The van der Waals surface area contributed by atoms with E-state index in [2.05, 4.69) is 15.6 Å². The molecule has 1 aromatic rings. The number of nitrogens with zero attached hydrogens (tertiary/aromatic N) is 3. The van der Waals surface area contributed by atoms with E-state index in [9.17, 15) is 24.0 Å². The maximum absolute atomic E-state index is 13.9. The van der Waals surface area contributed by atoms with Gasteiger partial charge in [0.05, 0.1) is 18.6 Å². The molecule has 3 amide bonds. The molecule has 2 N–H and O–H groups in total. The number of likely N-dealkylation sites (N-methyl/N-ethyl adjacent to an activating group) is 2. The fraction of sp³-hybridized carbons (Fsp3) is 0.750. The second kappa shape index (κ2) is 13.7. The number of nitrogens with one attached hydrogen (secondary N) is 2. The summed E-state index contributed by atoms with van der Waals surface area (Å²) in [5.74, 6) is -1.57. The van der Waals surface area contributed by atoms with Gasteiger partial charge in [-0.1, -0.05) is 34.1 Å². The van der Waals surface area contributed by atoms with Gasteiger partial charge in [-0.2, -0.15) is 0 Å². The normalized spacial score (nSPS) is 26.1. The van der Waals surface area contributed by atoms with Crippen LogP contribution in [-0.2, 0) is 28.7 Å². The van der Waals surface area contributed by atoms with E-state index in [0.717, 1.165) is 25.8 Å². The number of ether oxygens (including phenoxy) is 2. The lowest BCUT2D eigenvalue weighted by molar-refractivity contribution is -0.199. The van der Waals surface area contributed by atoms with Crippen LogP contribution in [0.2, 0.25) is 0 Å². The number of piperidine rings is 1. The van der Waals surface area contributed by atoms with Crippen LogP contribution in [0.3, 0.4) is 0 Å². The molecule has 45 heavy (non-hydrogen) atoms. The van der Waals surface area contributed by atoms with Crippen molar-refractivity contribution in [3.05, 3.63) is 16.1 Å². The largest absolute Gasteiger partial charge is 0.469 e. The van der Waals surface area contributed by atoms with Crippen molar-refractivity contribution in [2.45, 2.75) is 109 Å². The number of esters is 2. The molecule has 2 heterocycles. The van der Waals surface area contributed by atoms with Gasteiger partial charge in [0.2, 0.25) is 11.8 Å². The highest BCUT2D eigenvalue weighted by Crippen LogP contribution is 2.67. The third-order valence-corrected chi connectivity index (χ3v) is 10.7. The Morgan fingerprint density at radius 3 is 2.33 bits per heavy atom. The van der Waals surface area contributed by atoms with Crippen LogP contribution in [0, 0.1) is 17.3 Å². The first kappa shape index (κ1) is 34.8. The van der Waals surface area contributed by atoms with Crippen LogP contribution in [0.25, 0.3) is 0 Å². The van der Waals surface area contributed by atoms with E-state index in [-0.39, 0.29) is 59.7 Å². The first-order valence-corrected chi connectivity index (χ1v) is 16.8. The van der Waals surface area contributed by atoms with Crippen LogP contribution in [0.15, 0.2) is 5.38 Å². The average molecular weight is 648 g/mol. The number of aromatic nitrogens is 1. The van der Waals surface area contributed by atoms with Gasteiger partial charge < -0.3 is 25.0 Å². The SMILES string of the molecule is COC(=O)C12CC(NC(=O)c3csc(C(CC(C(C)C)N(C)C(=O)C(NC(=O)C4CCCCN4C)C(C)C)OC(C)=O)n3)(C1)C2. The highest BCUT2D eigenvalue weighted by Gasteiger charge is 2.73. The predicted octanol–water partition coefficient (Wildman–Crippen LogP) is 3.07. The minimum atomic E-state index is -0.780. The molecule has 4 unspecified atom stereocenters. The molecule has 4 aliphatic rings. The molecule has 1 saturated heterocycles. The highest BCUT2D eigenvalue weighted by atomic mass is 32.1. The molecular weight excluding hydrogens is 598 g/mol. The summed E-state index contributed by atoms with van der Waals surface area (Å²) in [6, 6.07) is -1.32. The molecule has 1 aromatic heterocycles. The van der Waals surface area contributed by atoms with Crippen molar-refractivity contribution in [1.82, 2.24) is 25.4 Å². The molecule has 0 spiro atoms. The molecule has 3 saturated carbocycles. The van der Waals surface area contributed by atoms with Crippen LogP contribution in [0.1, 0.15) is 101 Å². The Bertz CT molecular complexity index is 1280. The van der Waals surface area contributed by atoms with Gasteiger partial charge in [-0.05, 0) is 57.5 Å². The minimum Gasteiger partial charge on any atom is -0.469 e. The molecule has 250 valence electrons. The first-order chi connectivity index (χ1) is 21.1. The molecule has 0 radical (unpaired) electrons. The fourth-order valence-electron chi connectivity index (χ4n) is 7.25.